The van der Waals surface area contributed by atoms with E-state index in [1.807, 2.05) is 18.5 Å². The van der Waals surface area contributed by atoms with Gasteiger partial charge in [-0.15, -0.1) is 34.2 Å². The third kappa shape index (κ3) is 7.99. The lowest BCUT2D eigenvalue weighted by molar-refractivity contribution is 0.318. The van der Waals surface area contributed by atoms with Gasteiger partial charge in [0, 0.05) is 20.6 Å². The molecule has 134 valence electrons. The largest absolute Gasteiger partial charge is 0.356 e. The second-order valence-corrected chi connectivity index (χ2v) is 6.62. The highest BCUT2D eigenvalue weighted by molar-refractivity contribution is 14.0. The molecule has 0 aliphatic rings. The van der Waals surface area contributed by atoms with Gasteiger partial charge in [0.2, 0.25) is 0 Å². The summed E-state index contributed by atoms with van der Waals surface area (Å²) in [7, 11) is 3.76. The predicted octanol–water partition coefficient (Wildman–Crippen LogP) is 3.01. The van der Waals surface area contributed by atoms with Crippen molar-refractivity contribution in [3.8, 4) is 0 Å². The molecule has 23 heavy (non-hydrogen) atoms. The molecule has 0 unspecified atom stereocenters. The van der Waals surface area contributed by atoms with Gasteiger partial charge in [-0.05, 0) is 18.8 Å². The van der Waals surface area contributed by atoms with Gasteiger partial charge in [0.25, 0.3) is 0 Å². The molecule has 0 bridgehead atoms. The molecule has 0 amide bonds. The lowest BCUT2D eigenvalue weighted by atomic mass is 9.87. The number of aryl methyl sites for hydroxylation is 1. The zero-order chi connectivity index (χ0) is 16.6. The molecule has 1 heterocycles. The second-order valence-electron chi connectivity index (χ2n) is 6.62. The van der Waals surface area contributed by atoms with Gasteiger partial charge in [0.05, 0.1) is 6.54 Å². The molecule has 1 aromatic rings. The van der Waals surface area contributed by atoms with Crippen molar-refractivity contribution in [3.63, 3.8) is 0 Å². The smallest absolute Gasteiger partial charge is 0.191 e. The second kappa shape index (κ2) is 10.8. The number of aromatic nitrogens is 3. The van der Waals surface area contributed by atoms with Gasteiger partial charge in [-0.3, -0.25) is 4.99 Å². The van der Waals surface area contributed by atoms with Crippen molar-refractivity contribution in [2.45, 2.75) is 59.9 Å². The topological polar surface area (TPSA) is 67.1 Å². The van der Waals surface area contributed by atoms with Crippen molar-refractivity contribution >= 4 is 29.9 Å². The van der Waals surface area contributed by atoms with Crippen molar-refractivity contribution in [2.75, 3.05) is 13.6 Å². The van der Waals surface area contributed by atoms with Crippen molar-refractivity contribution in [1.29, 1.82) is 0 Å². The third-order valence-corrected chi connectivity index (χ3v) is 4.01. The molecule has 0 saturated heterocycles. The predicted molar refractivity (Wildman–Crippen MR) is 107 cm³/mol. The average molecular weight is 436 g/mol. The molecule has 1 aromatic heterocycles. The number of halogens is 1. The first-order valence-corrected chi connectivity index (χ1v) is 8.19. The number of hydrogen-bond acceptors (Lipinski definition) is 3. The number of aliphatic imine (C=N–C) groups is 1. The summed E-state index contributed by atoms with van der Waals surface area (Å²) in [5.74, 6) is 2.63. The fourth-order valence-electron chi connectivity index (χ4n) is 2.25. The molecular weight excluding hydrogens is 403 g/mol. The van der Waals surface area contributed by atoms with Crippen LogP contribution in [0.4, 0.5) is 0 Å². The maximum absolute atomic E-state index is 4.28. The summed E-state index contributed by atoms with van der Waals surface area (Å²) < 4.78 is 1.98. The van der Waals surface area contributed by atoms with Crippen molar-refractivity contribution in [2.24, 2.45) is 17.5 Å². The van der Waals surface area contributed by atoms with Crippen LogP contribution in [0.3, 0.4) is 0 Å². The van der Waals surface area contributed by atoms with Gasteiger partial charge in [-0.2, -0.15) is 0 Å². The van der Waals surface area contributed by atoms with Crippen molar-refractivity contribution in [3.05, 3.63) is 11.6 Å². The molecule has 1 rings (SSSR count). The van der Waals surface area contributed by atoms with Crippen LogP contribution in [0, 0.1) is 12.3 Å². The lowest BCUT2D eigenvalue weighted by Crippen LogP contribution is -2.42. The zero-order valence-corrected chi connectivity index (χ0v) is 17.8. The Labute approximate surface area is 158 Å². The Morgan fingerprint density at radius 1 is 1.22 bits per heavy atom. The minimum Gasteiger partial charge on any atom is -0.356 e. The number of guanidine groups is 1. The summed E-state index contributed by atoms with van der Waals surface area (Å²) >= 11 is 0. The third-order valence-electron chi connectivity index (χ3n) is 4.01. The number of nitrogens with one attached hydrogen (secondary N) is 2. The van der Waals surface area contributed by atoms with E-state index in [9.17, 15) is 0 Å². The molecule has 2 N–H and O–H groups in total. The van der Waals surface area contributed by atoms with Crippen LogP contribution in [-0.4, -0.2) is 34.3 Å². The highest BCUT2D eigenvalue weighted by Crippen LogP contribution is 2.22. The van der Waals surface area contributed by atoms with Crippen LogP contribution in [0.15, 0.2) is 4.99 Å². The van der Waals surface area contributed by atoms with Gasteiger partial charge < -0.3 is 15.2 Å². The Balaban J connectivity index is 0.00000484. The zero-order valence-electron chi connectivity index (χ0n) is 15.4. The summed E-state index contributed by atoms with van der Waals surface area (Å²) in [6.07, 6.45) is 5.09. The number of hydrogen-bond donors (Lipinski definition) is 2. The van der Waals surface area contributed by atoms with Gasteiger partial charge >= 0.3 is 0 Å². The van der Waals surface area contributed by atoms with Crippen LogP contribution < -0.4 is 10.6 Å². The highest BCUT2D eigenvalue weighted by atomic mass is 127. The van der Waals surface area contributed by atoms with Gasteiger partial charge in [-0.1, -0.05) is 40.0 Å². The number of nitrogens with zero attached hydrogens (tertiary/aromatic N) is 4. The average Bonchev–Trinajstić information content (AvgIpc) is 2.79. The maximum Gasteiger partial charge on any atom is 0.191 e. The van der Waals surface area contributed by atoms with Gasteiger partial charge in [0.15, 0.2) is 11.8 Å². The Hall–Kier alpha value is -0.860. The summed E-state index contributed by atoms with van der Waals surface area (Å²) in [5, 5.41) is 14.9. The van der Waals surface area contributed by atoms with Crippen LogP contribution in [-0.2, 0) is 13.6 Å². The first kappa shape index (κ1) is 22.1. The Bertz CT molecular complexity index is 481. The summed E-state index contributed by atoms with van der Waals surface area (Å²) in [5.41, 5.74) is 0.272. The monoisotopic (exact) mass is 436 g/mol. The summed E-state index contributed by atoms with van der Waals surface area (Å²) in [6.45, 7) is 10.3. The molecule has 6 nitrogen and oxygen atoms in total. The standard InChI is InChI=1S/C16H32N6.HI/c1-7-8-9-10-16(3,4)12-19-15(17-5)18-11-14-21-20-13(2)22(14)6;/h7-12H2,1-6H3,(H2,17,18,19);1H. The maximum atomic E-state index is 4.28. The number of unbranched alkanes of at least 4 members (excludes halogenated alkanes) is 2. The van der Waals surface area contributed by atoms with Crippen LogP contribution in [0.2, 0.25) is 0 Å². The summed E-state index contributed by atoms with van der Waals surface area (Å²) in [4.78, 5) is 4.28. The molecule has 0 aliphatic heterocycles. The van der Waals surface area contributed by atoms with E-state index in [1.165, 1.54) is 25.7 Å². The van der Waals surface area contributed by atoms with Crippen LogP contribution in [0.1, 0.15) is 58.1 Å². The van der Waals surface area contributed by atoms with E-state index >= 15 is 0 Å². The Morgan fingerprint density at radius 3 is 2.43 bits per heavy atom. The van der Waals surface area contributed by atoms with Gasteiger partial charge in [0.1, 0.15) is 5.82 Å². The minimum atomic E-state index is 0. The van der Waals surface area contributed by atoms with Crippen LogP contribution in [0.25, 0.3) is 0 Å². The molecule has 0 aliphatic carbocycles. The molecule has 7 heteroatoms. The lowest BCUT2D eigenvalue weighted by Gasteiger charge is -2.26. The van der Waals surface area contributed by atoms with Gasteiger partial charge in [-0.25, -0.2) is 0 Å². The fraction of sp³-hybridized carbons (Fsp3) is 0.812. The van der Waals surface area contributed by atoms with Crippen molar-refractivity contribution in [1.82, 2.24) is 25.4 Å². The van der Waals surface area contributed by atoms with E-state index in [1.54, 1.807) is 7.05 Å². The summed E-state index contributed by atoms with van der Waals surface area (Å²) in [6, 6.07) is 0. The van der Waals surface area contributed by atoms with Crippen LogP contribution >= 0.6 is 24.0 Å². The molecule has 0 saturated carbocycles. The normalized spacial score (nSPS) is 12.0. The van der Waals surface area contributed by atoms with Crippen LogP contribution in [0.5, 0.6) is 0 Å². The minimum absolute atomic E-state index is 0. The SMILES string of the molecule is CCCCCC(C)(C)CNC(=NC)NCc1nnc(C)n1C.I. The molecular formula is C16H33IN6. The van der Waals surface area contributed by atoms with E-state index < -0.39 is 0 Å². The Morgan fingerprint density at radius 2 is 1.91 bits per heavy atom. The molecule has 0 spiro atoms. The van der Waals surface area contributed by atoms with E-state index in [0.29, 0.717) is 6.54 Å². The van der Waals surface area contributed by atoms with E-state index in [-0.39, 0.29) is 29.4 Å². The highest BCUT2D eigenvalue weighted by Gasteiger charge is 2.17. The number of rotatable bonds is 8. The molecule has 0 radical (unpaired) electrons. The van der Waals surface area contributed by atoms with E-state index in [0.717, 1.165) is 24.2 Å². The molecule has 0 atom stereocenters. The first-order valence-electron chi connectivity index (χ1n) is 8.19. The quantitative estimate of drug-likeness (QED) is 0.285. The molecule has 0 aromatic carbocycles. The Kier molecular flexibility index (Phi) is 10.4. The molecule has 0 fully saturated rings. The fourth-order valence-corrected chi connectivity index (χ4v) is 2.25. The first-order chi connectivity index (χ1) is 10.4. The van der Waals surface area contributed by atoms with E-state index in [4.69, 9.17) is 0 Å². The van der Waals surface area contributed by atoms with E-state index in [2.05, 4.69) is 46.6 Å². The van der Waals surface area contributed by atoms with Crippen molar-refractivity contribution < 1.29 is 0 Å².